The minimum absolute atomic E-state index is 0.169. The van der Waals surface area contributed by atoms with Gasteiger partial charge in [-0.05, 0) is 25.7 Å². The molecule has 0 radical (unpaired) electrons. The molecule has 92 valence electrons. The molecule has 0 aromatic carbocycles. The van der Waals surface area contributed by atoms with Gasteiger partial charge in [-0.2, -0.15) is 0 Å². The van der Waals surface area contributed by atoms with E-state index in [0.29, 0.717) is 5.91 Å². The summed E-state index contributed by atoms with van der Waals surface area (Å²) in [5.74, 6) is 1.61. The first-order chi connectivity index (χ1) is 8.34. The Balaban J connectivity index is 1.67. The van der Waals surface area contributed by atoms with Crippen molar-refractivity contribution in [2.75, 3.05) is 13.1 Å². The molecular weight excluding hydrogens is 214 g/mol. The minimum atomic E-state index is 0.169. The van der Waals surface area contributed by atoms with E-state index >= 15 is 0 Å². The maximum atomic E-state index is 12.4. The van der Waals surface area contributed by atoms with Crippen LogP contribution in [0.3, 0.4) is 0 Å². The summed E-state index contributed by atoms with van der Waals surface area (Å²) in [7, 11) is 0. The summed E-state index contributed by atoms with van der Waals surface area (Å²) in [4.78, 5) is 18.8. The average molecular weight is 233 g/mol. The van der Waals surface area contributed by atoms with E-state index in [0.717, 1.165) is 38.3 Å². The second kappa shape index (κ2) is 4.51. The van der Waals surface area contributed by atoms with Crippen LogP contribution in [0.5, 0.6) is 0 Å². The Kier molecular flexibility index (Phi) is 2.87. The fourth-order valence-electron chi connectivity index (χ4n) is 2.93. The van der Waals surface area contributed by atoms with E-state index in [4.69, 9.17) is 0 Å². The fraction of sp³-hybridized carbons (Fsp3) is 0.692. The number of imidazole rings is 1. The molecule has 0 aliphatic carbocycles. The first-order valence-electron chi connectivity index (χ1n) is 6.63. The summed E-state index contributed by atoms with van der Waals surface area (Å²) >= 11 is 0. The van der Waals surface area contributed by atoms with E-state index in [-0.39, 0.29) is 5.92 Å². The van der Waals surface area contributed by atoms with Crippen molar-refractivity contribution in [3.8, 4) is 0 Å². The lowest BCUT2D eigenvalue weighted by atomic mass is 9.95. The lowest BCUT2D eigenvalue weighted by Gasteiger charge is -2.32. The number of carbonyl (C=O) groups is 1. The molecule has 0 bridgehead atoms. The quantitative estimate of drug-likeness (QED) is 0.736. The van der Waals surface area contributed by atoms with Crippen LogP contribution in [0.2, 0.25) is 0 Å². The molecule has 0 spiro atoms. The Morgan fingerprint density at radius 1 is 1.24 bits per heavy atom. The molecule has 1 amide bonds. The number of piperidine rings is 1. The maximum absolute atomic E-state index is 12.4. The lowest BCUT2D eigenvalue weighted by Crippen LogP contribution is -2.41. The number of likely N-dealkylation sites (tertiary alicyclic amines) is 1. The van der Waals surface area contributed by atoms with E-state index in [1.54, 1.807) is 0 Å². The van der Waals surface area contributed by atoms with Gasteiger partial charge in [0, 0.05) is 44.4 Å². The number of hydrogen-bond acceptors (Lipinski definition) is 2. The van der Waals surface area contributed by atoms with Crippen LogP contribution in [0.4, 0.5) is 0 Å². The Hall–Kier alpha value is -1.32. The predicted octanol–water partition coefficient (Wildman–Crippen LogP) is 1.46. The molecule has 1 atom stereocenters. The average Bonchev–Trinajstić information content (AvgIpc) is 2.86. The van der Waals surface area contributed by atoms with Gasteiger partial charge in [0.15, 0.2) is 0 Å². The number of rotatable bonds is 1. The van der Waals surface area contributed by atoms with Crippen molar-refractivity contribution in [2.24, 2.45) is 5.92 Å². The van der Waals surface area contributed by atoms with E-state index in [9.17, 15) is 4.79 Å². The first kappa shape index (κ1) is 10.8. The van der Waals surface area contributed by atoms with Crippen molar-refractivity contribution >= 4 is 5.91 Å². The number of hydrogen-bond donors (Lipinski definition) is 0. The summed E-state index contributed by atoms with van der Waals surface area (Å²) < 4.78 is 2.17. The van der Waals surface area contributed by atoms with Gasteiger partial charge in [-0.25, -0.2) is 4.98 Å². The number of fused-ring (bicyclic) bond motifs is 1. The minimum Gasteiger partial charge on any atom is -0.342 e. The Morgan fingerprint density at radius 2 is 2.06 bits per heavy atom. The molecule has 0 saturated carbocycles. The Morgan fingerprint density at radius 3 is 2.88 bits per heavy atom. The zero-order valence-corrected chi connectivity index (χ0v) is 10.1. The third-order valence-electron chi connectivity index (χ3n) is 3.97. The Labute approximate surface area is 102 Å². The molecule has 2 aliphatic heterocycles. The highest BCUT2D eigenvalue weighted by Gasteiger charge is 2.29. The van der Waals surface area contributed by atoms with Crippen molar-refractivity contribution < 1.29 is 4.79 Å². The molecule has 1 aromatic rings. The van der Waals surface area contributed by atoms with Gasteiger partial charge in [-0.1, -0.05) is 0 Å². The molecular formula is C13H19N3O. The second-order valence-corrected chi connectivity index (χ2v) is 5.11. The van der Waals surface area contributed by atoms with Crippen LogP contribution < -0.4 is 0 Å². The second-order valence-electron chi connectivity index (χ2n) is 5.11. The van der Waals surface area contributed by atoms with E-state index in [1.807, 2.05) is 12.4 Å². The zero-order valence-electron chi connectivity index (χ0n) is 10.1. The van der Waals surface area contributed by atoms with Gasteiger partial charge in [-0.3, -0.25) is 4.79 Å². The number of amides is 1. The number of aryl methyl sites for hydroxylation is 1. The summed E-state index contributed by atoms with van der Waals surface area (Å²) in [6.07, 6.45) is 9.26. The van der Waals surface area contributed by atoms with Gasteiger partial charge in [0.1, 0.15) is 5.82 Å². The largest absolute Gasteiger partial charge is 0.342 e. The smallest absolute Gasteiger partial charge is 0.226 e. The normalized spacial score (nSPS) is 24.5. The van der Waals surface area contributed by atoms with Crippen molar-refractivity contribution in [1.82, 2.24) is 14.5 Å². The monoisotopic (exact) mass is 233 g/mol. The van der Waals surface area contributed by atoms with E-state index in [2.05, 4.69) is 14.5 Å². The molecule has 1 aromatic heterocycles. The third kappa shape index (κ3) is 2.08. The summed E-state index contributed by atoms with van der Waals surface area (Å²) in [6, 6.07) is 0. The van der Waals surface area contributed by atoms with Crippen LogP contribution in [0.25, 0.3) is 0 Å². The zero-order chi connectivity index (χ0) is 11.7. The predicted molar refractivity (Wildman–Crippen MR) is 64.5 cm³/mol. The van der Waals surface area contributed by atoms with Gasteiger partial charge in [0.25, 0.3) is 0 Å². The standard InChI is InChI=1S/C13H19N3O/c17-13(16-6-2-1-3-7-16)11-4-8-15-9-5-14-12(15)10-11/h5,9,11H,1-4,6-8,10H2. The molecule has 3 rings (SSSR count). The molecule has 1 unspecified atom stereocenters. The highest BCUT2D eigenvalue weighted by Crippen LogP contribution is 2.22. The molecule has 0 N–H and O–H groups in total. The lowest BCUT2D eigenvalue weighted by molar-refractivity contribution is -0.137. The Bertz CT molecular complexity index is 407. The van der Waals surface area contributed by atoms with Crippen molar-refractivity contribution in [1.29, 1.82) is 0 Å². The van der Waals surface area contributed by atoms with Crippen molar-refractivity contribution in [2.45, 2.75) is 38.6 Å². The van der Waals surface area contributed by atoms with Crippen LogP contribution in [-0.4, -0.2) is 33.4 Å². The SMILES string of the molecule is O=C(C1CCn2ccnc2C1)N1CCCCC1. The number of nitrogens with zero attached hydrogens (tertiary/aromatic N) is 3. The van der Waals surface area contributed by atoms with Crippen LogP contribution in [0, 0.1) is 5.92 Å². The van der Waals surface area contributed by atoms with Gasteiger partial charge in [-0.15, -0.1) is 0 Å². The molecule has 4 nitrogen and oxygen atoms in total. The topological polar surface area (TPSA) is 38.1 Å². The summed E-state index contributed by atoms with van der Waals surface area (Å²) in [5.41, 5.74) is 0. The third-order valence-corrected chi connectivity index (χ3v) is 3.97. The highest BCUT2D eigenvalue weighted by molar-refractivity contribution is 5.79. The van der Waals surface area contributed by atoms with Crippen LogP contribution in [0.1, 0.15) is 31.5 Å². The number of carbonyl (C=O) groups excluding carboxylic acids is 1. The van der Waals surface area contributed by atoms with Crippen LogP contribution >= 0.6 is 0 Å². The highest BCUT2D eigenvalue weighted by atomic mass is 16.2. The van der Waals surface area contributed by atoms with Crippen LogP contribution in [0.15, 0.2) is 12.4 Å². The van der Waals surface area contributed by atoms with Gasteiger partial charge in [0.05, 0.1) is 0 Å². The number of aromatic nitrogens is 2. The van der Waals surface area contributed by atoms with Crippen LogP contribution in [-0.2, 0) is 17.8 Å². The van der Waals surface area contributed by atoms with E-state index < -0.39 is 0 Å². The molecule has 2 aliphatic rings. The van der Waals surface area contributed by atoms with Crippen molar-refractivity contribution in [3.05, 3.63) is 18.2 Å². The maximum Gasteiger partial charge on any atom is 0.226 e. The van der Waals surface area contributed by atoms with E-state index in [1.165, 1.54) is 19.3 Å². The summed E-state index contributed by atoms with van der Waals surface area (Å²) in [5, 5.41) is 0. The first-order valence-corrected chi connectivity index (χ1v) is 6.63. The molecule has 4 heteroatoms. The fourth-order valence-corrected chi connectivity index (χ4v) is 2.93. The summed E-state index contributed by atoms with van der Waals surface area (Å²) in [6.45, 7) is 2.87. The van der Waals surface area contributed by atoms with Crippen molar-refractivity contribution in [3.63, 3.8) is 0 Å². The van der Waals surface area contributed by atoms with Gasteiger partial charge >= 0.3 is 0 Å². The molecule has 1 fully saturated rings. The van der Waals surface area contributed by atoms with Gasteiger partial charge < -0.3 is 9.47 Å². The molecule has 1 saturated heterocycles. The van der Waals surface area contributed by atoms with Gasteiger partial charge in [0.2, 0.25) is 5.91 Å². The molecule has 3 heterocycles. The molecule has 17 heavy (non-hydrogen) atoms.